The number of rotatable bonds is 2. The largest absolute Gasteiger partial charge is 0.419 e. The first-order valence-corrected chi connectivity index (χ1v) is 6.67. The lowest BCUT2D eigenvalue weighted by molar-refractivity contribution is -0.140. The van der Waals surface area contributed by atoms with Gasteiger partial charge in [-0.3, -0.25) is 0 Å². The molecule has 0 amide bonds. The van der Waals surface area contributed by atoms with Gasteiger partial charge in [-0.2, -0.15) is 13.2 Å². The number of aliphatic hydroxyl groups is 1. The van der Waals surface area contributed by atoms with Crippen molar-refractivity contribution in [3.05, 3.63) is 68.5 Å². The van der Waals surface area contributed by atoms with Crippen molar-refractivity contribution in [3.8, 4) is 0 Å². The van der Waals surface area contributed by atoms with Gasteiger partial charge in [0.1, 0.15) is 11.9 Å². The van der Waals surface area contributed by atoms with Crippen LogP contribution in [0.25, 0.3) is 0 Å². The van der Waals surface area contributed by atoms with Crippen molar-refractivity contribution in [3.63, 3.8) is 0 Å². The first kappa shape index (κ1) is 15.2. The highest BCUT2D eigenvalue weighted by Crippen LogP contribution is 2.33. The summed E-state index contributed by atoms with van der Waals surface area (Å²) in [5.74, 6) is -1.39. The van der Waals surface area contributed by atoms with Gasteiger partial charge in [-0.05, 0) is 58.0 Å². The van der Waals surface area contributed by atoms with E-state index in [0.29, 0.717) is 17.7 Å². The third-order valence-electron chi connectivity index (χ3n) is 2.80. The van der Waals surface area contributed by atoms with Crippen molar-refractivity contribution in [1.82, 2.24) is 0 Å². The van der Waals surface area contributed by atoms with Crippen LogP contribution in [0, 0.1) is 9.39 Å². The van der Waals surface area contributed by atoms with E-state index in [9.17, 15) is 22.7 Å². The Bertz CT molecular complexity index is 608. The number of hydrogen-bond acceptors (Lipinski definition) is 1. The molecule has 0 radical (unpaired) electrons. The van der Waals surface area contributed by atoms with E-state index < -0.39 is 23.7 Å². The van der Waals surface area contributed by atoms with Crippen molar-refractivity contribution in [1.29, 1.82) is 0 Å². The van der Waals surface area contributed by atoms with E-state index in [1.807, 2.05) is 0 Å². The second kappa shape index (κ2) is 5.69. The summed E-state index contributed by atoms with van der Waals surface area (Å²) in [5, 5.41) is 10.1. The van der Waals surface area contributed by atoms with Gasteiger partial charge in [0.2, 0.25) is 0 Å². The number of alkyl halides is 3. The molecule has 0 bridgehead atoms. The van der Waals surface area contributed by atoms with Crippen LogP contribution in [0.15, 0.2) is 42.5 Å². The highest BCUT2D eigenvalue weighted by molar-refractivity contribution is 14.1. The lowest BCUT2D eigenvalue weighted by atomic mass is 10.00. The van der Waals surface area contributed by atoms with Gasteiger partial charge in [0.05, 0.1) is 5.56 Å². The second-order valence-electron chi connectivity index (χ2n) is 4.19. The maximum atomic E-state index is 13.5. The summed E-state index contributed by atoms with van der Waals surface area (Å²) >= 11 is 2.09. The molecule has 0 heterocycles. The molecule has 6 heteroatoms. The van der Waals surface area contributed by atoms with E-state index in [1.165, 1.54) is 0 Å². The molecule has 20 heavy (non-hydrogen) atoms. The zero-order valence-corrected chi connectivity index (χ0v) is 12.1. The molecule has 0 spiro atoms. The van der Waals surface area contributed by atoms with Gasteiger partial charge in [-0.1, -0.05) is 18.2 Å². The Morgan fingerprint density at radius 2 is 1.50 bits per heavy atom. The fourth-order valence-corrected chi connectivity index (χ4v) is 2.13. The second-order valence-corrected chi connectivity index (χ2v) is 5.44. The van der Waals surface area contributed by atoms with E-state index in [4.69, 9.17) is 0 Å². The van der Waals surface area contributed by atoms with Crippen LogP contribution in [0.3, 0.4) is 0 Å². The van der Waals surface area contributed by atoms with Crippen molar-refractivity contribution < 1.29 is 22.7 Å². The smallest absolute Gasteiger partial charge is 0.384 e. The van der Waals surface area contributed by atoms with Crippen LogP contribution in [0.5, 0.6) is 0 Å². The van der Waals surface area contributed by atoms with Gasteiger partial charge >= 0.3 is 6.18 Å². The SMILES string of the molecule is OC(c1ccc(I)cc1)c1ccc(C(F)(F)F)c(F)c1. The summed E-state index contributed by atoms with van der Waals surface area (Å²) in [7, 11) is 0. The highest BCUT2D eigenvalue weighted by atomic mass is 127. The van der Waals surface area contributed by atoms with E-state index >= 15 is 0 Å². The summed E-state index contributed by atoms with van der Waals surface area (Å²) in [6.45, 7) is 0. The van der Waals surface area contributed by atoms with Gasteiger partial charge < -0.3 is 5.11 Å². The Hall–Kier alpha value is -1.15. The normalized spacial score (nSPS) is 13.3. The van der Waals surface area contributed by atoms with Crippen molar-refractivity contribution in [2.45, 2.75) is 12.3 Å². The third kappa shape index (κ3) is 3.29. The van der Waals surface area contributed by atoms with Crippen LogP contribution in [0.1, 0.15) is 22.8 Å². The fourth-order valence-electron chi connectivity index (χ4n) is 1.77. The minimum absolute atomic E-state index is 0.0803. The minimum atomic E-state index is -4.74. The van der Waals surface area contributed by atoms with Gasteiger partial charge in [0, 0.05) is 3.57 Å². The molecule has 106 valence electrons. The Balaban J connectivity index is 2.34. The molecular weight excluding hydrogens is 387 g/mol. The Morgan fingerprint density at radius 3 is 2.00 bits per heavy atom. The molecule has 0 aliphatic carbocycles. The zero-order valence-electron chi connectivity index (χ0n) is 9.96. The Labute approximate surface area is 126 Å². The molecule has 0 saturated carbocycles. The molecule has 0 aromatic heterocycles. The molecule has 1 nitrogen and oxygen atoms in total. The molecule has 1 unspecified atom stereocenters. The first-order valence-electron chi connectivity index (χ1n) is 5.59. The molecule has 0 fully saturated rings. The van der Waals surface area contributed by atoms with Crippen LogP contribution in [-0.2, 0) is 6.18 Å². The lowest BCUT2D eigenvalue weighted by Crippen LogP contribution is -2.09. The predicted octanol–water partition coefficient (Wildman–Crippen LogP) is 4.53. The zero-order chi connectivity index (χ0) is 14.9. The monoisotopic (exact) mass is 396 g/mol. The number of halogens is 5. The highest BCUT2D eigenvalue weighted by Gasteiger charge is 2.34. The van der Waals surface area contributed by atoms with Crippen LogP contribution in [0.2, 0.25) is 0 Å². The third-order valence-corrected chi connectivity index (χ3v) is 3.52. The van der Waals surface area contributed by atoms with Gasteiger partial charge in [0.25, 0.3) is 0 Å². The van der Waals surface area contributed by atoms with Crippen LogP contribution in [-0.4, -0.2) is 5.11 Å². The van der Waals surface area contributed by atoms with Gasteiger partial charge in [0.15, 0.2) is 0 Å². The Kier molecular flexibility index (Phi) is 4.33. The summed E-state index contributed by atoms with van der Waals surface area (Å²) in [4.78, 5) is 0. The van der Waals surface area contributed by atoms with Gasteiger partial charge in [-0.15, -0.1) is 0 Å². The maximum absolute atomic E-state index is 13.5. The molecule has 2 aromatic carbocycles. The Morgan fingerprint density at radius 1 is 0.950 bits per heavy atom. The molecule has 0 aliphatic heterocycles. The van der Waals surface area contributed by atoms with E-state index in [-0.39, 0.29) is 5.56 Å². The lowest BCUT2D eigenvalue weighted by Gasteiger charge is -2.14. The van der Waals surface area contributed by atoms with Crippen molar-refractivity contribution in [2.24, 2.45) is 0 Å². The molecule has 1 N–H and O–H groups in total. The molecule has 0 aliphatic rings. The molecule has 2 rings (SSSR count). The topological polar surface area (TPSA) is 20.2 Å². The standard InChI is InChI=1S/C14H9F4IO/c15-12-7-9(3-6-11(12)14(16,17)18)13(20)8-1-4-10(19)5-2-8/h1-7,13,20H. The average molecular weight is 396 g/mol. The van der Waals surface area contributed by atoms with E-state index in [0.717, 1.165) is 9.64 Å². The van der Waals surface area contributed by atoms with Crippen molar-refractivity contribution >= 4 is 22.6 Å². The summed E-state index contributed by atoms with van der Waals surface area (Å²) in [6, 6.07) is 9.21. The molecule has 2 aromatic rings. The summed E-state index contributed by atoms with van der Waals surface area (Å²) in [5.41, 5.74) is -0.766. The summed E-state index contributed by atoms with van der Waals surface area (Å²) < 4.78 is 51.7. The van der Waals surface area contributed by atoms with E-state index in [1.54, 1.807) is 24.3 Å². The fraction of sp³-hybridized carbons (Fsp3) is 0.143. The predicted molar refractivity (Wildman–Crippen MR) is 74.6 cm³/mol. The van der Waals surface area contributed by atoms with Crippen LogP contribution >= 0.6 is 22.6 Å². The molecule has 1 atom stereocenters. The minimum Gasteiger partial charge on any atom is -0.384 e. The summed E-state index contributed by atoms with van der Waals surface area (Å²) in [6.07, 6.45) is -5.90. The number of hydrogen-bond donors (Lipinski definition) is 1. The number of benzene rings is 2. The van der Waals surface area contributed by atoms with Crippen LogP contribution < -0.4 is 0 Å². The first-order chi connectivity index (χ1) is 9.29. The van der Waals surface area contributed by atoms with E-state index in [2.05, 4.69) is 22.6 Å². The van der Waals surface area contributed by atoms with Gasteiger partial charge in [-0.25, -0.2) is 4.39 Å². The number of aliphatic hydroxyl groups excluding tert-OH is 1. The van der Waals surface area contributed by atoms with Crippen LogP contribution in [0.4, 0.5) is 17.6 Å². The van der Waals surface area contributed by atoms with Crippen molar-refractivity contribution in [2.75, 3.05) is 0 Å². The molecule has 0 saturated heterocycles. The average Bonchev–Trinajstić information content (AvgIpc) is 2.37. The maximum Gasteiger partial charge on any atom is 0.419 e. The molecular formula is C14H9F4IO. The quantitative estimate of drug-likeness (QED) is 0.585.